The molecule has 0 aliphatic rings. The molecule has 1 aromatic carbocycles. The monoisotopic (exact) mass is 276 g/mol. The second-order valence-corrected chi connectivity index (χ2v) is 4.78. The highest BCUT2D eigenvalue weighted by atomic mass is 19.1. The fraction of sp³-hybridized carbons (Fsp3) is 0.312. The first-order valence-electron chi connectivity index (χ1n) is 6.77. The van der Waals surface area contributed by atoms with Gasteiger partial charge in [0.15, 0.2) is 0 Å². The lowest BCUT2D eigenvalue weighted by Crippen LogP contribution is -2.24. The van der Waals surface area contributed by atoms with Gasteiger partial charge in [-0.05, 0) is 48.7 Å². The Balaban J connectivity index is 2.19. The third kappa shape index (κ3) is 4.10. The molecule has 1 aromatic heterocycles. The van der Waals surface area contributed by atoms with Crippen molar-refractivity contribution in [3.63, 3.8) is 0 Å². The summed E-state index contributed by atoms with van der Waals surface area (Å²) in [5, 5.41) is 3.35. The zero-order chi connectivity index (χ0) is 14.4. The van der Waals surface area contributed by atoms with Crippen LogP contribution in [0.2, 0.25) is 0 Å². The lowest BCUT2D eigenvalue weighted by atomic mass is 10.00. The van der Waals surface area contributed by atoms with Gasteiger partial charge in [-0.25, -0.2) is 8.78 Å². The smallest absolute Gasteiger partial charge is 0.141 e. The molecule has 0 radical (unpaired) electrons. The Labute approximate surface area is 117 Å². The van der Waals surface area contributed by atoms with Gasteiger partial charge in [0.05, 0.1) is 6.20 Å². The van der Waals surface area contributed by atoms with Crippen LogP contribution >= 0.6 is 0 Å². The number of hydrogen-bond acceptors (Lipinski definition) is 2. The number of rotatable bonds is 6. The topological polar surface area (TPSA) is 24.9 Å². The first-order valence-corrected chi connectivity index (χ1v) is 6.77. The van der Waals surface area contributed by atoms with Crippen molar-refractivity contribution in [3.05, 3.63) is 65.5 Å². The number of halogens is 2. The zero-order valence-electron chi connectivity index (χ0n) is 11.4. The number of benzene rings is 1. The summed E-state index contributed by atoms with van der Waals surface area (Å²) in [6.07, 6.45) is 4.41. The molecule has 0 amide bonds. The van der Waals surface area contributed by atoms with E-state index < -0.39 is 0 Å². The Morgan fingerprint density at radius 1 is 1.15 bits per heavy atom. The van der Waals surface area contributed by atoms with E-state index in [0.717, 1.165) is 24.1 Å². The average Bonchev–Trinajstić information content (AvgIpc) is 2.43. The van der Waals surface area contributed by atoms with Gasteiger partial charge in [0.2, 0.25) is 0 Å². The van der Waals surface area contributed by atoms with E-state index in [4.69, 9.17) is 0 Å². The molecule has 2 nitrogen and oxygen atoms in total. The Hall–Kier alpha value is -1.81. The summed E-state index contributed by atoms with van der Waals surface area (Å²) in [4.78, 5) is 3.88. The summed E-state index contributed by atoms with van der Waals surface area (Å²) in [5.41, 5.74) is 1.66. The van der Waals surface area contributed by atoms with Gasteiger partial charge in [-0.1, -0.05) is 19.1 Å². The van der Waals surface area contributed by atoms with Crippen LogP contribution in [0.4, 0.5) is 8.78 Å². The molecular weight excluding hydrogens is 258 g/mol. The van der Waals surface area contributed by atoms with E-state index in [-0.39, 0.29) is 17.7 Å². The molecule has 0 aliphatic heterocycles. The van der Waals surface area contributed by atoms with Gasteiger partial charge in [-0.15, -0.1) is 0 Å². The first kappa shape index (κ1) is 14.6. The minimum atomic E-state index is -0.356. The highest BCUT2D eigenvalue weighted by Crippen LogP contribution is 2.19. The molecule has 2 rings (SSSR count). The van der Waals surface area contributed by atoms with E-state index in [0.29, 0.717) is 6.42 Å². The number of aromatic nitrogens is 1. The Morgan fingerprint density at radius 3 is 2.70 bits per heavy atom. The van der Waals surface area contributed by atoms with Crippen molar-refractivity contribution >= 4 is 0 Å². The molecule has 1 atom stereocenters. The molecule has 0 saturated carbocycles. The van der Waals surface area contributed by atoms with Crippen LogP contribution in [0.1, 0.15) is 30.5 Å². The molecule has 0 aliphatic carbocycles. The maximum atomic E-state index is 13.3. The molecule has 2 aromatic rings. The molecule has 0 fully saturated rings. The van der Waals surface area contributed by atoms with Crippen LogP contribution in [0.3, 0.4) is 0 Å². The van der Waals surface area contributed by atoms with Crippen molar-refractivity contribution in [1.29, 1.82) is 0 Å². The molecule has 20 heavy (non-hydrogen) atoms. The van der Waals surface area contributed by atoms with E-state index in [1.165, 1.54) is 24.4 Å². The van der Waals surface area contributed by atoms with E-state index in [1.807, 2.05) is 6.07 Å². The van der Waals surface area contributed by atoms with Crippen LogP contribution in [0.25, 0.3) is 0 Å². The molecule has 106 valence electrons. The van der Waals surface area contributed by atoms with Gasteiger partial charge < -0.3 is 5.32 Å². The summed E-state index contributed by atoms with van der Waals surface area (Å²) in [5.74, 6) is -0.612. The standard InChI is InChI=1S/C16H18F2N2/c1-2-6-20-16(13-9-15(18)11-19-10-13)8-12-4-3-5-14(17)7-12/h3-5,7,9-11,16,20H,2,6,8H2,1H3. The minimum absolute atomic E-state index is 0.0695. The molecule has 0 spiro atoms. The van der Waals surface area contributed by atoms with Gasteiger partial charge in [0.1, 0.15) is 11.6 Å². The van der Waals surface area contributed by atoms with Gasteiger partial charge in [-0.2, -0.15) is 0 Å². The second kappa shape index (κ2) is 7.10. The fourth-order valence-corrected chi connectivity index (χ4v) is 2.14. The summed E-state index contributed by atoms with van der Waals surface area (Å²) < 4.78 is 26.5. The van der Waals surface area contributed by atoms with Crippen LogP contribution in [0.15, 0.2) is 42.7 Å². The molecule has 0 bridgehead atoms. The van der Waals surface area contributed by atoms with Gasteiger partial charge in [0, 0.05) is 12.2 Å². The maximum absolute atomic E-state index is 13.3. The molecular formula is C16H18F2N2. The summed E-state index contributed by atoms with van der Waals surface area (Å²) in [7, 11) is 0. The van der Waals surface area contributed by atoms with Crippen molar-refractivity contribution in [3.8, 4) is 0 Å². The maximum Gasteiger partial charge on any atom is 0.141 e. The molecule has 0 saturated heterocycles. The first-order chi connectivity index (χ1) is 9.69. The number of pyridine rings is 1. The van der Waals surface area contributed by atoms with Gasteiger partial charge in [0.25, 0.3) is 0 Å². The minimum Gasteiger partial charge on any atom is -0.310 e. The fourth-order valence-electron chi connectivity index (χ4n) is 2.14. The predicted molar refractivity (Wildman–Crippen MR) is 75.3 cm³/mol. The normalized spacial score (nSPS) is 12.3. The molecule has 1 heterocycles. The molecule has 4 heteroatoms. The lowest BCUT2D eigenvalue weighted by Gasteiger charge is -2.19. The van der Waals surface area contributed by atoms with Crippen LogP contribution in [0, 0.1) is 11.6 Å². The Kier molecular flexibility index (Phi) is 5.18. The van der Waals surface area contributed by atoms with Crippen molar-refractivity contribution in [2.24, 2.45) is 0 Å². The van der Waals surface area contributed by atoms with E-state index in [2.05, 4.69) is 17.2 Å². The number of hydrogen-bond donors (Lipinski definition) is 1. The second-order valence-electron chi connectivity index (χ2n) is 4.78. The highest BCUT2D eigenvalue weighted by molar-refractivity contribution is 5.22. The Bertz CT molecular complexity index is 558. The SMILES string of the molecule is CCCNC(Cc1cccc(F)c1)c1cncc(F)c1. The van der Waals surface area contributed by atoms with Crippen molar-refractivity contribution in [2.45, 2.75) is 25.8 Å². The van der Waals surface area contributed by atoms with Crippen LogP contribution in [0.5, 0.6) is 0 Å². The van der Waals surface area contributed by atoms with Crippen LogP contribution < -0.4 is 5.32 Å². The van der Waals surface area contributed by atoms with E-state index in [9.17, 15) is 8.78 Å². The summed E-state index contributed by atoms with van der Waals surface area (Å²) in [6.45, 7) is 2.88. The Morgan fingerprint density at radius 2 is 2.00 bits per heavy atom. The van der Waals surface area contributed by atoms with Gasteiger partial charge in [-0.3, -0.25) is 4.98 Å². The van der Waals surface area contributed by atoms with Gasteiger partial charge >= 0.3 is 0 Å². The van der Waals surface area contributed by atoms with Crippen molar-refractivity contribution < 1.29 is 8.78 Å². The van der Waals surface area contributed by atoms with Crippen LogP contribution in [-0.4, -0.2) is 11.5 Å². The third-order valence-corrected chi connectivity index (χ3v) is 3.10. The molecule has 1 N–H and O–H groups in total. The van der Waals surface area contributed by atoms with Crippen molar-refractivity contribution in [1.82, 2.24) is 10.3 Å². The van der Waals surface area contributed by atoms with Crippen LogP contribution in [-0.2, 0) is 6.42 Å². The predicted octanol–water partition coefficient (Wildman–Crippen LogP) is 3.64. The van der Waals surface area contributed by atoms with E-state index in [1.54, 1.807) is 12.3 Å². The van der Waals surface area contributed by atoms with E-state index >= 15 is 0 Å². The average molecular weight is 276 g/mol. The zero-order valence-corrected chi connectivity index (χ0v) is 11.4. The quantitative estimate of drug-likeness (QED) is 0.871. The number of nitrogens with one attached hydrogen (secondary N) is 1. The lowest BCUT2D eigenvalue weighted by molar-refractivity contribution is 0.520. The highest BCUT2D eigenvalue weighted by Gasteiger charge is 2.13. The summed E-state index contributed by atoms with van der Waals surface area (Å²) >= 11 is 0. The number of nitrogens with zero attached hydrogens (tertiary/aromatic N) is 1. The molecule has 1 unspecified atom stereocenters. The summed E-state index contributed by atoms with van der Waals surface area (Å²) in [6, 6.07) is 7.89. The third-order valence-electron chi connectivity index (χ3n) is 3.10. The van der Waals surface area contributed by atoms with Crippen molar-refractivity contribution in [2.75, 3.05) is 6.54 Å². The largest absolute Gasteiger partial charge is 0.310 e.